The third-order valence-electron chi connectivity index (χ3n) is 3.75. The third-order valence-corrected chi connectivity index (χ3v) is 4.57. The summed E-state index contributed by atoms with van der Waals surface area (Å²) in [6.07, 6.45) is 2.13. The molecule has 3 rings (SSSR count). The number of aliphatic carboxylic acids is 1. The average molecular weight is 417 g/mol. The Hall–Kier alpha value is -3.70. The second-order valence-corrected chi connectivity index (χ2v) is 7.19. The van der Waals surface area contributed by atoms with E-state index in [0.29, 0.717) is 5.69 Å². The number of phenolic OH excluding ortho intramolecular Hbond substituents is 1. The van der Waals surface area contributed by atoms with E-state index in [1.807, 2.05) is 6.07 Å². The molecule has 0 bridgehead atoms. The molecule has 0 spiro atoms. The van der Waals surface area contributed by atoms with Crippen molar-refractivity contribution in [3.8, 4) is 11.5 Å². The fraction of sp³-hybridized carbons (Fsp3) is 0.0556. The first-order valence-electron chi connectivity index (χ1n) is 8.07. The van der Waals surface area contributed by atoms with Crippen molar-refractivity contribution in [2.45, 2.75) is 4.90 Å². The van der Waals surface area contributed by atoms with E-state index in [9.17, 15) is 22.9 Å². The number of hydrazone groups is 1. The molecule has 2 aromatic carbocycles. The number of ether oxygens (including phenoxy) is 1. The maximum absolute atomic E-state index is 11.4. The number of para-hydroxylation sites is 1. The van der Waals surface area contributed by atoms with Crippen LogP contribution in [0.15, 0.2) is 58.7 Å². The molecule has 0 saturated heterocycles. The van der Waals surface area contributed by atoms with Gasteiger partial charge in [0, 0.05) is 23.2 Å². The number of hydrogen-bond donors (Lipinski definition) is 4. The Labute approximate surface area is 164 Å². The van der Waals surface area contributed by atoms with E-state index >= 15 is 0 Å². The minimum atomic E-state index is -4.53. The summed E-state index contributed by atoms with van der Waals surface area (Å²) in [6, 6.07) is 11.3. The second kappa shape index (κ2) is 8.12. The highest BCUT2D eigenvalue weighted by molar-refractivity contribution is 7.85. The van der Waals surface area contributed by atoms with Gasteiger partial charge in [0.15, 0.2) is 18.1 Å². The number of carboxylic acids is 1. The summed E-state index contributed by atoms with van der Waals surface area (Å²) in [5.74, 6) is -1.89. The van der Waals surface area contributed by atoms with Gasteiger partial charge in [-0.25, -0.2) is 4.79 Å². The summed E-state index contributed by atoms with van der Waals surface area (Å²) in [6.45, 7) is -0.707. The fourth-order valence-electron chi connectivity index (χ4n) is 2.45. The molecule has 1 aromatic heterocycles. The minimum Gasteiger partial charge on any atom is -0.504 e. The van der Waals surface area contributed by atoms with Crippen LogP contribution in [0.2, 0.25) is 0 Å². The first-order valence-corrected chi connectivity index (χ1v) is 9.51. The summed E-state index contributed by atoms with van der Waals surface area (Å²) < 4.78 is 37.2. The Balaban J connectivity index is 2.10. The zero-order chi connectivity index (χ0) is 21.0. The summed E-state index contributed by atoms with van der Waals surface area (Å²) in [5, 5.41) is 23.5. The highest BCUT2D eigenvalue weighted by atomic mass is 32.2. The van der Waals surface area contributed by atoms with Crippen LogP contribution in [-0.4, -0.2) is 47.0 Å². The van der Waals surface area contributed by atoms with Crippen LogP contribution >= 0.6 is 0 Å². The first kappa shape index (κ1) is 20.0. The molecule has 29 heavy (non-hydrogen) atoms. The number of anilines is 1. The van der Waals surface area contributed by atoms with Crippen molar-refractivity contribution >= 4 is 38.9 Å². The highest BCUT2D eigenvalue weighted by Crippen LogP contribution is 2.36. The number of benzene rings is 2. The lowest BCUT2D eigenvalue weighted by molar-refractivity contribution is -0.139. The van der Waals surface area contributed by atoms with E-state index in [1.165, 1.54) is 12.3 Å². The molecular formula is C18H15N3O7S. The predicted molar refractivity (Wildman–Crippen MR) is 104 cm³/mol. The molecule has 3 aromatic rings. The lowest BCUT2D eigenvalue weighted by atomic mass is 10.1. The van der Waals surface area contributed by atoms with E-state index in [2.05, 4.69) is 15.5 Å². The molecule has 1 heterocycles. The Bertz CT molecular complexity index is 1200. The van der Waals surface area contributed by atoms with E-state index in [0.717, 1.165) is 12.3 Å². The zero-order valence-electron chi connectivity index (χ0n) is 14.7. The zero-order valence-corrected chi connectivity index (χ0v) is 15.5. The molecule has 0 aliphatic heterocycles. The second-order valence-electron chi connectivity index (χ2n) is 5.77. The van der Waals surface area contributed by atoms with Gasteiger partial charge in [0.2, 0.25) is 0 Å². The number of rotatable bonds is 7. The van der Waals surface area contributed by atoms with Crippen molar-refractivity contribution in [1.29, 1.82) is 0 Å². The molecule has 0 saturated carbocycles. The number of aromatic nitrogens is 1. The number of pyridine rings is 1. The third kappa shape index (κ3) is 4.78. The summed E-state index contributed by atoms with van der Waals surface area (Å²) in [4.78, 5) is 14.2. The molecule has 0 fully saturated rings. The number of fused-ring (bicyclic) bond motifs is 1. The minimum absolute atomic E-state index is 0.0179. The number of phenols is 1. The van der Waals surface area contributed by atoms with Gasteiger partial charge in [0.25, 0.3) is 10.1 Å². The van der Waals surface area contributed by atoms with Gasteiger partial charge in [-0.1, -0.05) is 18.2 Å². The number of carboxylic acid groups (broad SMARTS) is 1. The van der Waals surface area contributed by atoms with Gasteiger partial charge in [0.05, 0.1) is 17.4 Å². The normalized spacial score (nSPS) is 11.6. The molecule has 0 unspecified atom stereocenters. The SMILES string of the molecule is O=C(O)COc1cc2ncc(S(=O)(=O)O)cc2c(/C=N/Nc2ccccc2)c1O. The van der Waals surface area contributed by atoms with Crippen molar-refractivity contribution in [2.24, 2.45) is 5.10 Å². The Morgan fingerprint density at radius 1 is 1.24 bits per heavy atom. The quantitative estimate of drug-likeness (QED) is 0.256. The van der Waals surface area contributed by atoms with Gasteiger partial charge in [-0.05, 0) is 18.2 Å². The molecule has 0 radical (unpaired) electrons. The number of carbonyl (C=O) groups is 1. The number of aromatic hydroxyl groups is 1. The summed E-state index contributed by atoms with van der Waals surface area (Å²) in [7, 11) is -4.53. The molecular weight excluding hydrogens is 402 g/mol. The van der Waals surface area contributed by atoms with Crippen molar-refractivity contribution in [3.05, 3.63) is 54.2 Å². The number of nitrogens with zero attached hydrogens (tertiary/aromatic N) is 2. The molecule has 0 amide bonds. The molecule has 150 valence electrons. The van der Waals surface area contributed by atoms with Gasteiger partial charge in [-0.3, -0.25) is 15.0 Å². The molecule has 11 heteroatoms. The first-order chi connectivity index (χ1) is 13.8. The van der Waals surface area contributed by atoms with Crippen LogP contribution in [0.4, 0.5) is 5.69 Å². The molecule has 0 aliphatic carbocycles. The van der Waals surface area contributed by atoms with Crippen molar-refractivity contribution < 1.29 is 32.7 Å². The van der Waals surface area contributed by atoms with Gasteiger partial charge < -0.3 is 14.9 Å². The highest BCUT2D eigenvalue weighted by Gasteiger charge is 2.18. The van der Waals surface area contributed by atoms with Crippen molar-refractivity contribution in [2.75, 3.05) is 12.0 Å². The lowest BCUT2D eigenvalue weighted by Crippen LogP contribution is -2.10. The summed E-state index contributed by atoms with van der Waals surface area (Å²) in [5.41, 5.74) is 3.60. The van der Waals surface area contributed by atoms with Gasteiger partial charge >= 0.3 is 5.97 Å². The smallest absolute Gasteiger partial charge is 0.341 e. The fourth-order valence-corrected chi connectivity index (χ4v) is 2.90. The Morgan fingerprint density at radius 3 is 2.62 bits per heavy atom. The van der Waals surface area contributed by atoms with E-state index in [1.54, 1.807) is 24.3 Å². The van der Waals surface area contributed by atoms with E-state index < -0.39 is 33.3 Å². The lowest BCUT2D eigenvalue weighted by Gasteiger charge is -2.12. The van der Waals surface area contributed by atoms with Crippen LogP contribution in [0.1, 0.15) is 5.56 Å². The number of hydrogen-bond acceptors (Lipinski definition) is 8. The average Bonchev–Trinajstić information content (AvgIpc) is 2.68. The van der Waals surface area contributed by atoms with Crippen LogP contribution in [-0.2, 0) is 14.9 Å². The van der Waals surface area contributed by atoms with Gasteiger partial charge in [0.1, 0.15) is 4.90 Å². The topological polar surface area (TPSA) is 158 Å². The van der Waals surface area contributed by atoms with Crippen LogP contribution < -0.4 is 10.2 Å². The van der Waals surface area contributed by atoms with Crippen molar-refractivity contribution in [1.82, 2.24) is 4.98 Å². The molecule has 0 atom stereocenters. The van der Waals surface area contributed by atoms with Gasteiger partial charge in [-0.15, -0.1) is 0 Å². The van der Waals surface area contributed by atoms with E-state index in [-0.39, 0.29) is 22.2 Å². The number of nitrogens with one attached hydrogen (secondary N) is 1. The molecule has 0 aliphatic rings. The standard InChI is InChI=1S/C18H15N3O7S/c22-17(23)10-28-16-7-15-13(6-12(8-19-15)29(25,26)27)14(18(16)24)9-20-21-11-4-2-1-3-5-11/h1-9,21,24H,10H2,(H,22,23)(H,25,26,27)/b20-9+. The van der Waals surface area contributed by atoms with Crippen LogP contribution in [0.25, 0.3) is 10.9 Å². The van der Waals surface area contributed by atoms with Crippen LogP contribution in [0.3, 0.4) is 0 Å². The maximum atomic E-state index is 11.4. The Morgan fingerprint density at radius 2 is 1.97 bits per heavy atom. The summed E-state index contributed by atoms with van der Waals surface area (Å²) >= 11 is 0. The molecule has 10 nitrogen and oxygen atoms in total. The monoisotopic (exact) mass is 417 g/mol. The van der Waals surface area contributed by atoms with E-state index in [4.69, 9.17) is 9.84 Å². The van der Waals surface area contributed by atoms with Crippen molar-refractivity contribution in [3.63, 3.8) is 0 Å². The van der Waals surface area contributed by atoms with Crippen LogP contribution in [0.5, 0.6) is 11.5 Å². The van der Waals surface area contributed by atoms with Gasteiger partial charge in [-0.2, -0.15) is 13.5 Å². The predicted octanol–water partition coefficient (Wildman–Crippen LogP) is 2.10. The maximum Gasteiger partial charge on any atom is 0.341 e. The van der Waals surface area contributed by atoms with Crippen LogP contribution in [0, 0.1) is 0 Å². The largest absolute Gasteiger partial charge is 0.504 e. The Kier molecular flexibility index (Phi) is 5.61. The molecule has 4 N–H and O–H groups in total.